The summed E-state index contributed by atoms with van der Waals surface area (Å²) in [6.07, 6.45) is 0.930. The first kappa shape index (κ1) is 16.5. The van der Waals surface area contributed by atoms with Crippen LogP contribution in [0, 0.1) is 5.92 Å². The van der Waals surface area contributed by atoms with Gasteiger partial charge in [-0.2, -0.15) is 0 Å². The first-order valence-corrected chi connectivity index (χ1v) is 6.79. The maximum absolute atomic E-state index is 11.8. The number of carbonyl (C=O) groups is 3. The quantitative estimate of drug-likeness (QED) is 0.764. The van der Waals surface area contributed by atoms with E-state index >= 15 is 0 Å². The van der Waals surface area contributed by atoms with Gasteiger partial charge in [0.15, 0.2) is 0 Å². The molecule has 2 unspecified atom stereocenters. The Morgan fingerprint density at radius 1 is 1.55 bits per heavy atom. The van der Waals surface area contributed by atoms with Crippen LogP contribution in [0.25, 0.3) is 0 Å². The molecule has 0 bridgehead atoms. The van der Waals surface area contributed by atoms with E-state index in [9.17, 15) is 14.4 Å². The van der Waals surface area contributed by atoms with E-state index < -0.39 is 17.7 Å². The van der Waals surface area contributed by atoms with E-state index in [1.165, 1.54) is 0 Å². The molecule has 1 aliphatic rings. The minimum Gasteiger partial charge on any atom is -0.444 e. The van der Waals surface area contributed by atoms with Crippen LogP contribution in [0.3, 0.4) is 0 Å². The molecular weight excluding hydrogens is 260 g/mol. The standard InChI is InChI=1S/C14H24N2O4/c1-13(2,3)20-12(19)15-10(8-17)6-9-7-14(4,5)16-11(9)18/h8-10H,6-7H2,1-5H3,(H,15,19)(H,16,18). The van der Waals surface area contributed by atoms with Crippen molar-refractivity contribution in [3.63, 3.8) is 0 Å². The molecule has 1 saturated heterocycles. The summed E-state index contributed by atoms with van der Waals surface area (Å²) in [6, 6.07) is -0.713. The van der Waals surface area contributed by atoms with E-state index in [0.29, 0.717) is 12.7 Å². The van der Waals surface area contributed by atoms with Gasteiger partial charge in [0, 0.05) is 11.5 Å². The van der Waals surface area contributed by atoms with Gasteiger partial charge < -0.3 is 20.2 Å². The second-order valence-corrected chi connectivity index (χ2v) is 6.90. The highest BCUT2D eigenvalue weighted by molar-refractivity contribution is 5.83. The molecule has 0 radical (unpaired) electrons. The lowest BCUT2D eigenvalue weighted by molar-refractivity contribution is -0.123. The molecule has 2 atom stereocenters. The van der Waals surface area contributed by atoms with Gasteiger partial charge in [-0.3, -0.25) is 4.79 Å². The molecular formula is C14H24N2O4. The molecule has 6 nitrogen and oxygen atoms in total. The van der Waals surface area contributed by atoms with Gasteiger partial charge in [-0.1, -0.05) is 0 Å². The summed E-state index contributed by atoms with van der Waals surface area (Å²) in [5, 5.41) is 5.35. The number of rotatable bonds is 4. The number of hydrogen-bond acceptors (Lipinski definition) is 4. The smallest absolute Gasteiger partial charge is 0.408 e. The second-order valence-electron chi connectivity index (χ2n) is 6.90. The number of alkyl carbamates (subject to hydrolysis) is 1. The van der Waals surface area contributed by atoms with Gasteiger partial charge in [-0.05, 0) is 47.5 Å². The van der Waals surface area contributed by atoms with Gasteiger partial charge in [0.05, 0.1) is 6.04 Å². The normalized spacial score (nSPS) is 22.9. The highest BCUT2D eigenvalue weighted by Gasteiger charge is 2.38. The van der Waals surface area contributed by atoms with E-state index in [-0.39, 0.29) is 23.8 Å². The van der Waals surface area contributed by atoms with Crippen molar-refractivity contribution in [1.82, 2.24) is 10.6 Å². The minimum absolute atomic E-state index is 0.0761. The molecule has 1 fully saturated rings. The Balaban J connectivity index is 2.54. The number of ether oxygens (including phenoxy) is 1. The predicted molar refractivity (Wildman–Crippen MR) is 74.2 cm³/mol. The van der Waals surface area contributed by atoms with Crippen molar-refractivity contribution in [1.29, 1.82) is 0 Å². The zero-order valence-corrected chi connectivity index (χ0v) is 12.8. The summed E-state index contributed by atoms with van der Waals surface area (Å²) < 4.78 is 5.09. The van der Waals surface area contributed by atoms with Crippen LogP contribution in [0.4, 0.5) is 4.79 Å². The van der Waals surface area contributed by atoms with Crippen molar-refractivity contribution in [3.05, 3.63) is 0 Å². The molecule has 0 saturated carbocycles. The molecule has 6 heteroatoms. The summed E-state index contributed by atoms with van der Waals surface area (Å²) >= 11 is 0. The highest BCUT2D eigenvalue weighted by atomic mass is 16.6. The van der Waals surface area contributed by atoms with Crippen molar-refractivity contribution in [2.75, 3.05) is 0 Å². The summed E-state index contributed by atoms with van der Waals surface area (Å²) in [6.45, 7) is 9.10. The largest absolute Gasteiger partial charge is 0.444 e. The third kappa shape index (κ3) is 5.19. The van der Waals surface area contributed by atoms with Crippen LogP contribution < -0.4 is 10.6 Å². The molecule has 0 aliphatic carbocycles. The van der Waals surface area contributed by atoms with Crippen LogP contribution in [0.1, 0.15) is 47.5 Å². The van der Waals surface area contributed by atoms with E-state index in [1.807, 2.05) is 13.8 Å². The Bertz CT molecular complexity index is 398. The van der Waals surface area contributed by atoms with Gasteiger partial charge >= 0.3 is 6.09 Å². The Hall–Kier alpha value is -1.59. The first-order chi connectivity index (χ1) is 9.02. The molecule has 1 aliphatic heterocycles. The van der Waals surface area contributed by atoms with Crippen molar-refractivity contribution >= 4 is 18.3 Å². The lowest BCUT2D eigenvalue weighted by Crippen LogP contribution is -2.41. The van der Waals surface area contributed by atoms with Gasteiger partial charge in [-0.15, -0.1) is 0 Å². The van der Waals surface area contributed by atoms with Crippen LogP contribution in [-0.4, -0.2) is 35.5 Å². The van der Waals surface area contributed by atoms with Crippen LogP contribution in [0.2, 0.25) is 0 Å². The first-order valence-electron chi connectivity index (χ1n) is 6.79. The maximum atomic E-state index is 11.8. The fourth-order valence-corrected chi connectivity index (χ4v) is 2.30. The molecule has 1 rings (SSSR count). The maximum Gasteiger partial charge on any atom is 0.408 e. The van der Waals surface area contributed by atoms with E-state index in [1.54, 1.807) is 20.8 Å². The van der Waals surface area contributed by atoms with Crippen LogP contribution in [-0.2, 0) is 14.3 Å². The van der Waals surface area contributed by atoms with Crippen molar-refractivity contribution in [2.24, 2.45) is 5.92 Å². The van der Waals surface area contributed by atoms with E-state index in [2.05, 4.69) is 10.6 Å². The molecule has 2 N–H and O–H groups in total. The van der Waals surface area contributed by atoms with Crippen molar-refractivity contribution < 1.29 is 19.1 Å². The fraction of sp³-hybridized carbons (Fsp3) is 0.786. The third-order valence-electron chi connectivity index (χ3n) is 2.99. The van der Waals surface area contributed by atoms with Crippen molar-refractivity contribution in [2.45, 2.75) is 64.6 Å². The average molecular weight is 284 g/mol. The SMILES string of the molecule is CC1(C)CC(CC(C=O)NC(=O)OC(C)(C)C)C(=O)N1. The van der Waals surface area contributed by atoms with Gasteiger partial charge in [-0.25, -0.2) is 4.79 Å². The summed E-state index contributed by atoms with van der Waals surface area (Å²) in [5.74, 6) is -0.344. The van der Waals surface area contributed by atoms with Crippen LogP contribution >= 0.6 is 0 Å². The Morgan fingerprint density at radius 2 is 2.15 bits per heavy atom. The van der Waals surface area contributed by atoms with Crippen LogP contribution in [0.15, 0.2) is 0 Å². The summed E-state index contributed by atoms with van der Waals surface area (Å²) in [4.78, 5) is 34.5. The highest BCUT2D eigenvalue weighted by Crippen LogP contribution is 2.27. The zero-order chi connectivity index (χ0) is 15.6. The molecule has 0 aromatic carbocycles. The molecule has 1 heterocycles. The van der Waals surface area contributed by atoms with Crippen LogP contribution in [0.5, 0.6) is 0 Å². The van der Waals surface area contributed by atoms with Gasteiger partial charge in [0.25, 0.3) is 0 Å². The molecule has 0 aromatic rings. The lowest BCUT2D eigenvalue weighted by Gasteiger charge is -2.22. The molecule has 0 spiro atoms. The molecule has 0 aromatic heterocycles. The Morgan fingerprint density at radius 3 is 2.55 bits per heavy atom. The third-order valence-corrected chi connectivity index (χ3v) is 2.99. The zero-order valence-electron chi connectivity index (χ0n) is 12.8. The van der Waals surface area contributed by atoms with Gasteiger partial charge in [0.1, 0.15) is 11.9 Å². The number of hydrogen-bond donors (Lipinski definition) is 2. The average Bonchev–Trinajstić information content (AvgIpc) is 2.47. The van der Waals surface area contributed by atoms with E-state index in [4.69, 9.17) is 4.74 Å². The second kappa shape index (κ2) is 5.81. The number of nitrogens with one attached hydrogen (secondary N) is 2. The fourth-order valence-electron chi connectivity index (χ4n) is 2.30. The summed E-state index contributed by atoms with van der Waals surface area (Å²) in [5.41, 5.74) is -0.884. The Labute approximate surface area is 119 Å². The topological polar surface area (TPSA) is 84.5 Å². The monoisotopic (exact) mass is 284 g/mol. The lowest BCUT2D eigenvalue weighted by atomic mass is 9.92. The molecule has 20 heavy (non-hydrogen) atoms. The Kier molecular flexibility index (Phi) is 4.78. The van der Waals surface area contributed by atoms with E-state index in [0.717, 1.165) is 0 Å². The predicted octanol–water partition coefficient (Wildman–Crippen LogP) is 1.38. The molecule has 2 amide bonds. The van der Waals surface area contributed by atoms with Crippen molar-refractivity contribution in [3.8, 4) is 0 Å². The molecule has 114 valence electrons. The van der Waals surface area contributed by atoms with Gasteiger partial charge in [0.2, 0.25) is 5.91 Å². The number of aldehydes is 1. The number of carbonyl (C=O) groups excluding carboxylic acids is 3. The number of amides is 2. The minimum atomic E-state index is -0.713. The summed E-state index contributed by atoms with van der Waals surface area (Å²) in [7, 11) is 0.